The molecule has 0 bridgehead atoms. The molecule has 25 heavy (non-hydrogen) atoms. The third kappa shape index (κ3) is 3.97. The van der Waals surface area contributed by atoms with Gasteiger partial charge in [-0.2, -0.15) is 0 Å². The normalized spacial score (nSPS) is 21.0. The van der Waals surface area contributed by atoms with Crippen LogP contribution in [-0.4, -0.2) is 14.2 Å². The smallest absolute Gasteiger partial charge is 0.271 e. The van der Waals surface area contributed by atoms with E-state index in [2.05, 4.69) is 4.72 Å². The molecule has 9 heteroatoms. The maximum atomic E-state index is 14.2. The second kappa shape index (κ2) is 6.83. The monoisotopic (exact) mass is 418 g/mol. The zero-order valence-electron chi connectivity index (χ0n) is 13.3. The van der Waals surface area contributed by atoms with Crippen LogP contribution in [0.1, 0.15) is 18.9 Å². The summed E-state index contributed by atoms with van der Waals surface area (Å²) in [6.45, 7) is 2.00. The van der Waals surface area contributed by atoms with Crippen molar-refractivity contribution in [2.24, 2.45) is 5.73 Å². The zero-order valence-corrected chi connectivity index (χ0v) is 16.5. The lowest BCUT2D eigenvalue weighted by molar-refractivity contribution is 0.566. The summed E-state index contributed by atoms with van der Waals surface area (Å²) in [5, 5.41) is 0.716. The van der Waals surface area contributed by atoms with E-state index in [0.717, 1.165) is 29.1 Å². The highest BCUT2D eigenvalue weighted by atomic mass is 35.5. The van der Waals surface area contributed by atoms with Gasteiger partial charge >= 0.3 is 0 Å². The molecule has 0 saturated carbocycles. The Kier molecular flexibility index (Phi) is 5.07. The quantitative estimate of drug-likeness (QED) is 0.764. The molecule has 0 saturated heterocycles. The molecule has 4 nitrogen and oxygen atoms in total. The fraction of sp³-hybridized carbons (Fsp3) is 0.250. The average molecular weight is 419 g/mol. The van der Waals surface area contributed by atoms with Crippen LogP contribution in [0.5, 0.6) is 0 Å². The van der Waals surface area contributed by atoms with Crippen molar-refractivity contribution in [3.05, 3.63) is 57.2 Å². The average Bonchev–Trinajstić information content (AvgIpc) is 2.96. The standard InChI is InChI=1S/C16H16ClFN2O2S3/c1-16(6-7-23-14(19)9-16)10-2-3-11(18)12(8-10)20-25(21,22)15-5-4-13(17)24-15/h2-5,8-9,20H,6-7,19H2,1H3. The fourth-order valence-corrected chi connectivity index (χ4v) is 6.28. The van der Waals surface area contributed by atoms with E-state index in [0.29, 0.717) is 9.37 Å². The summed E-state index contributed by atoms with van der Waals surface area (Å²) in [5.41, 5.74) is 6.27. The van der Waals surface area contributed by atoms with E-state index in [1.807, 2.05) is 13.0 Å². The van der Waals surface area contributed by atoms with Crippen molar-refractivity contribution >= 4 is 50.4 Å². The van der Waals surface area contributed by atoms with Gasteiger partial charge in [0, 0.05) is 11.2 Å². The van der Waals surface area contributed by atoms with E-state index >= 15 is 0 Å². The molecule has 1 unspecified atom stereocenters. The van der Waals surface area contributed by atoms with E-state index in [-0.39, 0.29) is 15.3 Å². The number of thiophene rings is 1. The maximum Gasteiger partial charge on any atom is 0.271 e. The van der Waals surface area contributed by atoms with Gasteiger partial charge in [0.1, 0.15) is 10.0 Å². The minimum Gasteiger partial charge on any atom is -0.394 e. The van der Waals surface area contributed by atoms with Crippen molar-refractivity contribution in [3.8, 4) is 0 Å². The van der Waals surface area contributed by atoms with Crippen molar-refractivity contribution in [1.29, 1.82) is 0 Å². The lowest BCUT2D eigenvalue weighted by atomic mass is 9.79. The Bertz CT molecular complexity index is 943. The Labute approximate surface area is 159 Å². The number of allylic oxidation sites excluding steroid dienone is 1. The van der Waals surface area contributed by atoms with Crippen LogP contribution in [0.15, 0.2) is 45.6 Å². The lowest BCUT2D eigenvalue weighted by Gasteiger charge is -2.31. The second-order valence-corrected chi connectivity index (χ2v) is 10.7. The highest BCUT2D eigenvalue weighted by molar-refractivity contribution is 8.03. The van der Waals surface area contributed by atoms with E-state index in [1.54, 1.807) is 17.8 Å². The Morgan fingerprint density at radius 2 is 2.08 bits per heavy atom. The molecule has 0 spiro atoms. The van der Waals surface area contributed by atoms with Gasteiger partial charge < -0.3 is 5.73 Å². The van der Waals surface area contributed by atoms with Gasteiger partial charge in [0.15, 0.2) is 0 Å². The first-order valence-electron chi connectivity index (χ1n) is 7.39. The second-order valence-electron chi connectivity index (χ2n) is 5.92. The predicted molar refractivity (Wildman–Crippen MR) is 103 cm³/mol. The predicted octanol–water partition coefficient (Wildman–Crippen LogP) is 4.54. The summed E-state index contributed by atoms with van der Waals surface area (Å²) >= 11 is 8.28. The lowest BCUT2D eigenvalue weighted by Crippen LogP contribution is -2.25. The number of hydrogen-bond acceptors (Lipinski definition) is 5. The number of nitrogens with two attached hydrogens (primary N) is 1. The summed E-state index contributed by atoms with van der Waals surface area (Å²) in [5.74, 6) is 0.214. The zero-order chi connectivity index (χ0) is 18.2. The fourth-order valence-electron chi connectivity index (χ4n) is 2.63. The first kappa shape index (κ1) is 18.6. The number of rotatable bonds is 4. The third-order valence-corrected chi connectivity index (χ3v) is 7.98. The van der Waals surface area contributed by atoms with E-state index in [4.69, 9.17) is 17.3 Å². The summed E-state index contributed by atoms with van der Waals surface area (Å²) in [6, 6.07) is 7.34. The molecule has 1 aromatic heterocycles. The van der Waals surface area contributed by atoms with Gasteiger partial charge in [-0.1, -0.05) is 24.6 Å². The van der Waals surface area contributed by atoms with Crippen LogP contribution in [0.3, 0.4) is 0 Å². The summed E-state index contributed by atoms with van der Waals surface area (Å²) in [7, 11) is -3.89. The Morgan fingerprint density at radius 3 is 2.72 bits per heavy atom. The maximum absolute atomic E-state index is 14.2. The van der Waals surface area contributed by atoms with Crippen LogP contribution in [0.2, 0.25) is 4.34 Å². The minimum atomic E-state index is -3.89. The minimum absolute atomic E-state index is 0.0340. The highest BCUT2D eigenvalue weighted by Gasteiger charge is 2.29. The van der Waals surface area contributed by atoms with Crippen LogP contribution < -0.4 is 10.5 Å². The summed E-state index contributed by atoms with van der Waals surface area (Å²) in [6.07, 6.45) is 2.77. The van der Waals surface area contributed by atoms with Gasteiger partial charge in [0.05, 0.1) is 15.1 Å². The van der Waals surface area contributed by atoms with Crippen molar-refractivity contribution in [2.75, 3.05) is 10.5 Å². The molecule has 2 aromatic rings. The number of benzene rings is 1. The van der Waals surface area contributed by atoms with Crippen molar-refractivity contribution in [1.82, 2.24) is 0 Å². The van der Waals surface area contributed by atoms with Gasteiger partial charge in [-0.3, -0.25) is 4.72 Å². The molecule has 3 N–H and O–H groups in total. The molecule has 134 valence electrons. The molecule has 1 atom stereocenters. The third-order valence-electron chi connectivity index (χ3n) is 4.03. The summed E-state index contributed by atoms with van der Waals surface area (Å²) < 4.78 is 41.7. The number of anilines is 1. The van der Waals surface area contributed by atoms with Crippen LogP contribution >= 0.6 is 34.7 Å². The molecule has 2 heterocycles. The van der Waals surface area contributed by atoms with Gasteiger partial charge in [-0.25, -0.2) is 12.8 Å². The largest absolute Gasteiger partial charge is 0.394 e. The van der Waals surface area contributed by atoms with Crippen molar-refractivity contribution in [2.45, 2.75) is 23.0 Å². The Hall–Kier alpha value is -1.22. The molecular weight excluding hydrogens is 403 g/mol. The SMILES string of the molecule is CC1(c2ccc(F)c(NS(=O)(=O)c3ccc(Cl)s3)c2)C=C(N)SCC1. The van der Waals surface area contributed by atoms with E-state index in [9.17, 15) is 12.8 Å². The molecule has 1 aliphatic heterocycles. The first-order chi connectivity index (χ1) is 11.7. The van der Waals surface area contributed by atoms with Crippen LogP contribution in [0.25, 0.3) is 0 Å². The van der Waals surface area contributed by atoms with Crippen LogP contribution in [-0.2, 0) is 15.4 Å². The topological polar surface area (TPSA) is 72.2 Å². The molecule has 1 aliphatic rings. The Morgan fingerprint density at radius 1 is 1.32 bits per heavy atom. The van der Waals surface area contributed by atoms with Gasteiger partial charge in [-0.05, 0) is 42.3 Å². The van der Waals surface area contributed by atoms with E-state index in [1.165, 1.54) is 24.3 Å². The molecule has 3 rings (SSSR count). The highest BCUT2D eigenvalue weighted by Crippen LogP contribution is 2.39. The molecule has 1 aromatic carbocycles. The molecule has 0 radical (unpaired) electrons. The number of sulfonamides is 1. The van der Waals surface area contributed by atoms with E-state index < -0.39 is 15.8 Å². The molecular formula is C16H16ClFN2O2S3. The van der Waals surface area contributed by atoms with Crippen molar-refractivity contribution < 1.29 is 12.8 Å². The Balaban J connectivity index is 1.97. The number of nitrogens with one attached hydrogen (secondary N) is 1. The summed E-state index contributed by atoms with van der Waals surface area (Å²) in [4.78, 5) is 0. The number of hydrogen-bond donors (Lipinski definition) is 2. The van der Waals surface area contributed by atoms with Gasteiger partial charge in [-0.15, -0.1) is 23.1 Å². The first-order valence-corrected chi connectivity index (χ1v) is 11.1. The molecule has 0 aliphatic carbocycles. The number of halogens is 2. The van der Waals surface area contributed by atoms with Crippen molar-refractivity contribution in [3.63, 3.8) is 0 Å². The number of thioether (sulfide) groups is 1. The van der Waals surface area contributed by atoms with Crippen LogP contribution in [0, 0.1) is 5.82 Å². The molecule has 0 fully saturated rings. The van der Waals surface area contributed by atoms with Gasteiger partial charge in [0.25, 0.3) is 10.0 Å². The van der Waals surface area contributed by atoms with Gasteiger partial charge in [0.2, 0.25) is 0 Å². The molecule has 0 amide bonds. The van der Waals surface area contributed by atoms with Crippen LogP contribution in [0.4, 0.5) is 10.1 Å².